The minimum Gasteiger partial charge on any atom is -0.496 e. The summed E-state index contributed by atoms with van der Waals surface area (Å²) in [7, 11) is 1.66. The number of ether oxygens (including phenoxy) is 1. The van der Waals surface area contributed by atoms with Crippen LogP contribution in [0.3, 0.4) is 0 Å². The summed E-state index contributed by atoms with van der Waals surface area (Å²) in [6.45, 7) is 2.00. The van der Waals surface area contributed by atoms with Crippen molar-refractivity contribution in [3.8, 4) is 5.75 Å². The highest BCUT2D eigenvalue weighted by molar-refractivity contribution is 9.10. The normalized spacial score (nSPS) is 14.4. The summed E-state index contributed by atoms with van der Waals surface area (Å²) in [6, 6.07) is 7.86. The molecule has 0 aliphatic heterocycles. The molecule has 0 spiro atoms. The van der Waals surface area contributed by atoms with Gasteiger partial charge in [-0.25, -0.2) is 0 Å². The van der Waals surface area contributed by atoms with E-state index in [1.54, 1.807) is 18.4 Å². The Labute approximate surface area is 114 Å². The van der Waals surface area contributed by atoms with Crippen molar-refractivity contribution in [1.82, 2.24) is 0 Å². The van der Waals surface area contributed by atoms with E-state index >= 15 is 0 Å². The van der Waals surface area contributed by atoms with Crippen molar-refractivity contribution in [3.05, 3.63) is 50.6 Å². The Bertz CT molecular complexity index is 522. The maximum Gasteiger partial charge on any atom is 0.124 e. The first-order valence-electron chi connectivity index (χ1n) is 5.22. The second-order valence-corrected chi connectivity index (χ2v) is 5.63. The lowest BCUT2D eigenvalue weighted by Gasteiger charge is -2.27. The fourth-order valence-corrected chi connectivity index (χ4v) is 3.69. The lowest BCUT2D eigenvalue weighted by Crippen LogP contribution is -2.34. The monoisotopic (exact) mass is 311 g/mol. The summed E-state index contributed by atoms with van der Waals surface area (Å²) >= 11 is 5.17. The topological polar surface area (TPSA) is 35.2 Å². The highest BCUT2D eigenvalue weighted by atomic mass is 79.9. The molecule has 1 aromatic heterocycles. The highest BCUT2D eigenvalue weighted by Gasteiger charge is 2.29. The summed E-state index contributed by atoms with van der Waals surface area (Å²) < 4.78 is 6.42. The zero-order valence-corrected chi connectivity index (χ0v) is 12.1. The van der Waals surface area contributed by atoms with Crippen molar-refractivity contribution in [2.75, 3.05) is 7.11 Å². The SMILES string of the molecule is COc1ccccc1C(C)(N)c1cscc1Br. The van der Waals surface area contributed by atoms with E-state index in [1.165, 1.54) is 0 Å². The second kappa shape index (κ2) is 4.80. The molecular weight excluding hydrogens is 298 g/mol. The van der Waals surface area contributed by atoms with Crippen LogP contribution < -0.4 is 10.5 Å². The minimum atomic E-state index is -0.564. The van der Waals surface area contributed by atoms with Gasteiger partial charge in [-0.1, -0.05) is 18.2 Å². The summed E-state index contributed by atoms with van der Waals surface area (Å²) in [4.78, 5) is 0. The molecule has 1 unspecified atom stereocenters. The van der Waals surface area contributed by atoms with Crippen LogP contribution >= 0.6 is 27.3 Å². The molecule has 90 valence electrons. The Kier molecular flexibility index (Phi) is 3.56. The molecule has 1 heterocycles. The third-order valence-corrected chi connectivity index (χ3v) is 4.54. The Hall–Kier alpha value is -0.840. The van der Waals surface area contributed by atoms with E-state index in [-0.39, 0.29) is 0 Å². The molecule has 4 heteroatoms. The van der Waals surface area contributed by atoms with Crippen LogP contribution in [0.4, 0.5) is 0 Å². The van der Waals surface area contributed by atoms with Crippen LogP contribution in [0.25, 0.3) is 0 Å². The van der Waals surface area contributed by atoms with Gasteiger partial charge in [-0.2, -0.15) is 11.3 Å². The smallest absolute Gasteiger partial charge is 0.124 e. The molecule has 1 aromatic carbocycles. The van der Waals surface area contributed by atoms with Crippen molar-refractivity contribution in [2.45, 2.75) is 12.5 Å². The van der Waals surface area contributed by atoms with Crippen LogP contribution in [0.5, 0.6) is 5.75 Å². The van der Waals surface area contributed by atoms with Crippen molar-refractivity contribution in [3.63, 3.8) is 0 Å². The van der Waals surface area contributed by atoms with E-state index in [9.17, 15) is 0 Å². The molecule has 0 radical (unpaired) electrons. The molecule has 0 amide bonds. The number of nitrogens with two attached hydrogens (primary N) is 1. The van der Waals surface area contributed by atoms with Crippen LogP contribution in [-0.4, -0.2) is 7.11 Å². The van der Waals surface area contributed by atoms with Crippen LogP contribution in [0.1, 0.15) is 18.1 Å². The second-order valence-electron chi connectivity index (χ2n) is 4.04. The standard InChI is InChI=1S/C13H14BrNOS/c1-13(15,10-7-17-8-11(10)14)9-5-3-4-6-12(9)16-2/h3-8H,15H2,1-2H3. The molecule has 17 heavy (non-hydrogen) atoms. The zero-order chi connectivity index (χ0) is 12.5. The molecule has 1 atom stereocenters. The number of hydrogen-bond acceptors (Lipinski definition) is 3. The Balaban J connectivity index is 2.55. The molecule has 0 saturated heterocycles. The largest absolute Gasteiger partial charge is 0.496 e. The fourth-order valence-electron chi connectivity index (χ4n) is 1.87. The number of halogens is 1. The van der Waals surface area contributed by atoms with Gasteiger partial charge in [0.15, 0.2) is 0 Å². The van der Waals surface area contributed by atoms with Gasteiger partial charge >= 0.3 is 0 Å². The van der Waals surface area contributed by atoms with E-state index in [2.05, 4.69) is 21.3 Å². The molecule has 0 saturated carbocycles. The quantitative estimate of drug-likeness (QED) is 0.937. The predicted molar refractivity (Wildman–Crippen MR) is 75.7 cm³/mol. The molecule has 2 rings (SSSR count). The maximum absolute atomic E-state index is 6.48. The van der Waals surface area contributed by atoms with Crippen LogP contribution in [0.2, 0.25) is 0 Å². The number of hydrogen-bond donors (Lipinski definition) is 1. The summed E-state index contributed by atoms with van der Waals surface area (Å²) in [5.74, 6) is 0.815. The van der Waals surface area contributed by atoms with Gasteiger partial charge in [0, 0.05) is 21.0 Å². The first kappa shape index (κ1) is 12.6. The van der Waals surface area contributed by atoms with E-state index in [0.717, 1.165) is 21.3 Å². The Morgan fingerprint density at radius 3 is 2.53 bits per heavy atom. The Morgan fingerprint density at radius 2 is 1.94 bits per heavy atom. The third kappa shape index (κ3) is 2.25. The highest BCUT2D eigenvalue weighted by Crippen LogP contribution is 2.38. The van der Waals surface area contributed by atoms with Crippen LogP contribution in [-0.2, 0) is 5.54 Å². The number of benzene rings is 1. The molecule has 0 fully saturated rings. The van der Waals surface area contributed by atoms with Gasteiger partial charge in [0.05, 0.1) is 12.6 Å². The molecule has 0 bridgehead atoms. The maximum atomic E-state index is 6.48. The van der Waals surface area contributed by atoms with Crippen molar-refractivity contribution in [2.24, 2.45) is 5.73 Å². The molecular formula is C13H14BrNOS. The van der Waals surface area contributed by atoms with E-state index < -0.39 is 5.54 Å². The molecule has 2 N–H and O–H groups in total. The number of methoxy groups -OCH3 is 1. The van der Waals surface area contributed by atoms with E-state index in [0.29, 0.717) is 0 Å². The third-order valence-electron chi connectivity index (χ3n) is 2.84. The van der Waals surface area contributed by atoms with Gasteiger partial charge in [-0.05, 0) is 34.3 Å². The predicted octanol–water partition coefficient (Wildman–Crippen LogP) is 3.74. The molecule has 2 aromatic rings. The summed E-state index contributed by atoms with van der Waals surface area (Å²) in [5, 5.41) is 4.10. The first-order valence-corrected chi connectivity index (χ1v) is 6.95. The van der Waals surface area contributed by atoms with Gasteiger partial charge in [0.1, 0.15) is 5.75 Å². The zero-order valence-electron chi connectivity index (χ0n) is 9.74. The van der Waals surface area contributed by atoms with Crippen molar-refractivity contribution >= 4 is 27.3 Å². The van der Waals surface area contributed by atoms with Gasteiger partial charge in [0.25, 0.3) is 0 Å². The van der Waals surface area contributed by atoms with Crippen LogP contribution in [0, 0.1) is 0 Å². The summed E-state index contributed by atoms with van der Waals surface area (Å²) in [6.07, 6.45) is 0. The molecule has 2 nitrogen and oxygen atoms in total. The number of thiophene rings is 1. The minimum absolute atomic E-state index is 0.564. The van der Waals surface area contributed by atoms with Gasteiger partial charge in [-0.3, -0.25) is 0 Å². The van der Waals surface area contributed by atoms with E-state index in [1.807, 2.05) is 36.6 Å². The lowest BCUT2D eigenvalue weighted by atomic mass is 9.87. The van der Waals surface area contributed by atoms with Gasteiger partial charge < -0.3 is 10.5 Å². The summed E-state index contributed by atoms with van der Waals surface area (Å²) in [5.41, 5.74) is 7.98. The van der Waals surface area contributed by atoms with Crippen molar-refractivity contribution in [1.29, 1.82) is 0 Å². The fraction of sp³-hybridized carbons (Fsp3) is 0.231. The van der Waals surface area contributed by atoms with E-state index in [4.69, 9.17) is 10.5 Å². The molecule has 0 aliphatic carbocycles. The van der Waals surface area contributed by atoms with Gasteiger partial charge in [0.2, 0.25) is 0 Å². The average Bonchev–Trinajstić information content (AvgIpc) is 2.76. The Morgan fingerprint density at radius 1 is 1.24 bits per heavy atom. The first-order chi connectivity index (χ1) is 8.07. The number of rotatable bonds is 3. The average molecular weight is 312 g/mol. The molecule has 0 aliphatic rings. The van der Waals surface area contributed by atoms with Crippen LogP contribution in [0.15, 0.2) is 39.5 Å². The van der Waals surface area contributed by atoms with Crippen molar-refractivity contribution < 1.29 is 4.74 Å². The lowest BCUT2D eigenvalue weighted by molar-refractivity contribution is 0.399. The number of para-hydroxylation sites is 1. The van der Waals surface area contributed by atoms with Gasteiger partial charge in [-0.15, -0.1) is 0 Å².